The number of nitrogens with one attached hydrogen (secondary N) is 1. The molecule has 0 bridgehead atoms. The summed E-state index contributed by atoms with van der Waals surface area (Å²) in [5.74, 6) is 1.70. The van der Waals surface area contributed by atoms with Crippen LogP contribution in [0.3, 0.4) is 0 Å². The van der Waals surface area contributed by atoms with E-state index in [4.69, 9.17) is 4.74 Å². The smallest absolute Gasteiger partial charge is 0.137 e. The molecule has 0 aliphatic rings. The molecule has 0 amide bonds. The Bertz CT molecular complexity index is 911. The van der Waals surface area contributed by atoms with Gasteiger partial charge in [0.15, 0.2) is 0 Å². The van der Waals surface area contributed by atoms with E-state index in [9.17, 15) is 0 Å². The number of ether oxygens (including phenoxy) is 1. The first-order valence-electron chi connectivity index (χ1n) is 7.61. The summed E-state index contributed by atoms with van der Waals surface area (Å²) in [6.45, 7) is 0. The van der Waals surface area contributed by atoms with Crippen molar-refractivity contribution < 1.29 is 4.74 Å². The lowest BCUT2D eigenvalue weighted by Crippen LogP contribution is -1.88. The van der Waals surface area contributed by atoms with Crippen molar-refractivity contribution in [2.24, 2.45) is 0 Å². The third-order valence-corrected chi connectivity index (χ3v) is 3.83. The number of rotatable bonds is 4. The second-order valence-electron chi connectivity index (χ2n) is 5.45. The van der Waals surface area contributed by atoms with Crippen molar-refractivity contribution in [3.8, 4) is 11.5 Å². The second-order valence-corrected chi connectivity index (χ2v) is 5.45. The summed E-state index contributed by atoms with van der Waals surface area (Å²) in [6.07, 6.45) is 4.71. The van der Waals surface area contributed by atoms with Crippen LogP contribution in [0.1, 0.15) is 11.1 Å². The largest absolute Gasteiger partial charge is 0.457 e. The van der Waals surface area contributed by atoms with Crippen LogP contribution in [0.4, 0.5) is 0 Å². The van der Waals surface area contributed by atoms with E-state index in [0.717, 1.165) is 23.6 Å². The van der Waals surface area contributed by atoms with Crippen LogP contribution in [0.2, 0.25) is 0 Å². The Kier molecular flexibility index (Phi) is 3.53. The van der Waals surface area contributed by atoms with Crippen LogP contribution in [0.25, 0.3) is 11.0 Å². The molecular weight excluding hydrogens is 284 g/mol. The van der Waals surface area contributed by atoms with E-state index < -0.39 is 0 Å². The maximum Gasteiger partial charge on any atom is 0.137 e. The number of aromatic amines is 1. The number of H-pyrrole nitrogens is 1. The number of hydrogen-bond donors (Lipinski definition) is 1. The summed E-state index contributed by atoms with van der Waals surface area (Å²) >= 11 is 0. The van der Waals surface area contributed by atoms with Gasteiger partial charge in [-0.25, -0.2) is 4.98 Å². The molecule has 23 heavy (non-hydrogen) atoms. The molecule has 4 aromatic rings. The standard InChI is InChI=1S/C20H16N2O/c1-2-5-17(6-3-1)23-18-10-8-15(9-11-18)13-16-14-22-20-19(16)7-4-12-21-20/h1-12,14H,13H2,(H,21,22). The predicted octanol–water partition coefficient (Wildman–Crippen LogP) is 4.95. The number of aromatic nitrogens is 2. The fraction of sp³-hybridized carbons (Fsp3) is 0.0500. The number of fused-ring (bicyclic) bond motifs is 1. The molecule has 0 aliphatic carbocycles. The van der Waals surface area contributed by atoms with Crippen molar-refractivity contribution in [2.45, 2.75) is 6.42 Å². The molecule has 3 heteroatoms. The van der Waals surface area contributed by atoms with Gasteiger partial charge < -0.3 is 9.72 Å². The maximum absolute atomic E-state index is 5.82. The maximum atomic E-state index is 5.82. The van der Waals surface area contributed by atoms with Gasteiger partial charge in [0.25, 0.3) is 0 Å². The first-order valence-corrected chi connectivity index (χ1v) is 7.61. The summed E-state index contributed by atoms with van der Waals surface area (Å²) in [5.41, 5.74) is 3.44. The molecule has 2 aromatic heterocycles. The summed E-state index contributed by atoms with van der Waals surface area (Å²) in [5, 5.41) is 1.18. The number of benzene rings is 2. The summed E-state index contributed by atoms with van der Waals surface area (Å²) < 4.78 is 5.82. The van der Waals surface area contributed by atoms with E-state index in [1.807, 2.05) is 54.7 Å². The Morgan fingerprint density at radius 1 is 0.826 bits per heavy atom. The van der Waals surface area contributed by atoms with Crippen molar-refractivity contribution in [3.63, 3.8) is 0 Å². The molecule has 2 aromatic carbocycles. The fourth-order valence-electron chi connectivity index (χ4n) is 2.68. The first kappa shape index (κ1) is 13.6. The van der Waals surface area contributed by atoms with Crippen LogP contribution in [0.15, 0.2) is 79.1 Å². The molecular formula is C20H16N2O. The summed E-state index contributed by atoms with van der Waals surface area (Å²) in [6, 6.07) is 22.1. The lowest BCUT2D eigenvalue weighted by atomic mass is 10.1. The predicted molar refractivity (Wildman–Crippen MR) is 91.9 cm³/mol. The van der Waals surface area contributed by atoms with Gasteiger partial charge in [-0.1, -0.05) is 30.3 Å². The van der Waals surface area contributed by atoms with Crippen molar-refractivity contribution in [1.82, 2.24) is 9.97 Å². The fourth-order valence-corrected chi connectivity index (χ4v) is 2.68. The zero-order chi connectivity index (χ0) is 15.5. The van der Waals surface area contributed by atoms with Gasteiger partial charge in [-0.2, -0.15) is 0 Å². The molecule has 0 spiro atoms. The molecule has 1 N–H and O–H groups in total. The van der Waals surface area contributed by atoms with Crippen molar-refractivity contribution >= 4 is 11.0 Å². The van der Waals surface area contributed by atoms with Gasteiger partial charge in [0, 0.05) is 17.8 Å². The lowest BCUT2D eigenvalue weighted by Gasteiger charge is -2.06. The van der Waals surface area contributed by atoms with E-state index >= 15 is 0 Å². The monoisotopic (exact) mass is 300 g/mol. The number of nitrogens with zero attached hydrogens (tertiary/aromatic N) is 1. The van der Waals surface area contributed by atoms with Gasteiger partial charge in [-0.05, 0) is 53.9 Å². The minimum atomic E-state index is 0.848. The van der Waals surface area contributed by atoms with Crippen molar-refractivity contribution in [1.29, 1.82) is 0 Å². The Morgan fingerprint density at radius 2 is 1.61 bits per heavy atom. The van der Waals surface area contributed by atoms with Gasteiger partial charge in [-0.3, -0.25) is 0 Å². The Morgan fingerprint density at radius 3 is 2.43 bits per heavy atom. The van der Waals surface area contributed by atoms with Crippen LogP contribution in [-0.2, 0) is 6.42 Å². The quantitative estimate of drug-likeness (QED) is 0.579. The normalized spacial score (nSPS) is 10.8. The van der Waals surface area contributed by atoms with Crippen molar-refractivity contribution in [2.75, 3.05) is 0 Å². The number of para-hydroxylation sites is 1. The minimum absolute atomic E-state index is 0.848. The van der Waals surface area contributed by atoms with Gasteiger partial charge >= 0.3 is 0 Å². The molecule has 0 fully saturated rings. The number of pyridine rings is 1. The van der Waals surface area contributed by atoms with E-state index in [-0.39, 0.29) is 0 Å². The third kappa shape index (κ3) is 2.94. The zero-order valence-corrected chi connectivity index (χ0v) is 12.6. The van der Waals surface area contributed by atoms with Gasteiger partial charge in [-0.15, -0.1) is 0 Å². The van der Waals surface area contributed by atoms with E-state index in [2.05, 4.69) is 28.2 Å². The third-order valence-electron chi connectivity index (χ3n) is 3.83. The van der Waals surface area contributed by atoms with Crippen molar-refractivity contribution in [3.05, 3.63) is 90.3 Å². The average Bonchev–Trinajstić information content (AvgIpc) is 3.01. The molecule has 0 atom stereocenters. The van der Waals surface area contributed by atoms with Crippen LogP contribution in [-0.4, -0.2) is 9.97 Å². The highest BCUT2D eigenvalue weighted by atomic mass is 16.5. The van der Waals surface area contributed by atoms with E-state index in [0.29, 0.717) is 0 Å². The topological polar surface area (TPSA) is 37.9 Å². The summed E-state index contributed by atoms with van der Waals surface area (Å²) in [4.78, 5) is 7.55. The molecule has 0 aliphatic heterocycles. The highest BCUT2D eigenvalue weighted by Gasteiger charge is 2.05. The van der Waals surface area contributed by atoms with E-state index in [1.54, 1.807) is 6.20 Å². The molecule has 0 saturated carbocycles. The molecule has 0 saturated heterocycles. The molecule has 3 nitrogen and oxygen atoms in total. The van der Waals surface area contributed by atoms with Gasteiger partial charge in [0.1, 0.15) is 17.1 Å². The average molecular weight is 300 g/mol. The van der Waals surface area contributed by atoms with Crippen LogP contribution >= 0.6 is 0 Å². The lowest BCUT2D eigenvalue weighted by molar-refractivity contribution is 0.482. The molecule has 112 valence electrons. The number of hydrogen-bond acceptors (Lipinski definition) is 2. The molecule has 2 heterocycles. The van der Waals surface area contributed by atoms with Crippen LogP contribution in [0, 0.1) is 0 Å². The zero-order valence-electron chi connectivity index (χ0n) is 12.6. The Balaban J connectivity index is 1.52. The second kappa shape index (κ2) is 5.97. The molecule has 4 rings (SSSR count). The SMILES string of the molecule is c1ccc(Oc2ccc(Cc3c[nH]c4ncccc34)cc2)cc1. The van der Waals surface area contributed by atoms with E-state index in [1.165, 1.54) is 16.5 Å². The molecule has 0 radical (unpaired) electrons. The first-order chi connectivity index (χ1) is 11.4. The highest BCUT2D eigenvalue weighted by Crippen LogP contribution is 2.23. The Hall–Kier alpha value is -3.07. The van der Waals surface area contributed by atoms with Gasteiger partial charge in [0.2, 0.25) is 0 Å². The van der Waals surface area contributed by atoms with Crippen LogP contribution in [0.5, 0.6) is 11.5 Å². The summed E-state index contributed by atoms with van der Waals surface area (Å²) in [7, 11) is 0. The van der Waals surface area contributed by atoms with Crippen LogP contribution < -0.4 is 4.74 Å². The highest BCUT2D eigenvalue weighted by molar-refractivity contribution is 5.79. The Labute approximate surface area is 134 Å². The van der Waals surface area contributed by atoms with Gasteiger partial charge in [0.05, 0.1) is 0 Å². The minimum Gasteiger partial charge on any atom is -0.457 e. The molecule has 0 unspecified atom stereocenters.